The number of fused-ring (bicyclic) bond motifs is 1. The van der Waals surface area contributed by atoms with Crippen molar-refractivity contribution in [3.05, 3.63) is 47.9 Å². The number of piperazine rings is 1. The number of halogens is 2. The molecule has 1 aliphatic heterocycles. The number of aromatic nitrogens is 6. The maximum atomic E-state index is 14.9. The average Bonchev–Trinajstić information content (AvgIpc) is 3.26. The Balaban J connectivity index is 1.36. The Bertz CT molecular complexity index is 1480. The summed E-state index contributed by atoms with van der Waals surface area (Å²) in [4.78, 5) is 27.8. The Labute approximate surface area is 217 Å². The first-order valence-electron chi connectivity index (χ1n) is 12.2. The number of aliphatic hydroxyl groups is 1. The van der Waals surface area contributed by atoms with Crippen molar-refractivity contribution in [1.82, 2.24) is 34.6 Å². The van der Waals surface area contributed by atoms with Crippen LogP contribution in [-0.4, -0.2) is 78.4 Å². The molecule has 198 valence electrons. The van der Waals surface area contributed by atoms with Gasteiger partial charge in [0, 0.05) is 37.8 Å². The van der Waals surface area contributed by atoms with E-state index < -0.39 is 18.2 Å². The fraction of sp³-hybridized carbons (Fsp3) is 0.360. The summed E-state index contributed by atoms with van der Waals surface area (Å²) >= 11 is 0. The number of hydrogen-bond acceptors (Lipinski definition) is 9. The number of aryl methyl sites for hydroxylation is 1. The zero-order valence-electron chi connectivity index (χ0n) is 21.2. The van der Waals surface area contributed by atoms with Gasteiger partial charge in [-0.25, -0.2) is 23.7 Å². The van der Waals surface area contributed by atoms with Gasteiger partial charge in [0.05, 0.1) is 11.7 Å². The van der Waals surface area contributed by atoms with Crippen molar-refractivity contribution in [2.75, 3.05) is 43.0 Å². The van der Waals surface area contributed by atoms with Gasteiger partial charge in [0.15, 0.2) is 23.3 Å². The molecule has 0 spiro atoms. The molecule has 0 aliphatic carbocycles. The van der Waals surface area contributed by atoms with Crippen LogP contribution in [0, 0.1) is 18.6 Å². The molecule has 38 heavy (non-hydrogen) atoms. The first-order chi connectivity index (χ1) is 18.2. The first-order valence-corrected chi connectivity index (χ1v) is 12.2. The molecule has 11 nitrogen and oxygen atoms in total. The van der Waals surface area contributed by atoms with Crippen molar-refractivity contribution in [3.63, 3.8) is 0 Å². The number of anilines is 3. The summed E-state index contributed by atoms with van der Waals surface area (Å²) < 4.78 is 31.6. The maximum absolute atomic E-state index is 14.9. The van der Waals surface area contributed by atoms with Crippen molar-refractivity contribution in [2.24, 2.45) is 0 Å². The van der Waals surface area contributed by atoms with Crippen molar-refractivity contribution >= 4 is 34.5 Å². The van der Waals surface area contributed by atoms with E-state index in [0.29, 0.717) is 49.2 Å². The minimum absolute atomic E-state index is 0.0376. The van der Waals surface area contributed by atoms with Crippen LogP contribution in [0.3, 0.4) is 0 Å². The smallest absolute Gasteiger partial charge is 0.248 e. The summed E-state index contributed by atoms with van der Waals surface area (Å²) in [5.41, 5.74) is 0.991. The van der Waals surface area contributed by atoms with Gasteiger partial charge in [-0.3, -0.25) is 4.79 Å². The quantitative estimate of drug-likeness (QED) is 0.392. The van der Waals surface area contributed by atoms with Crippen LogP contribution in [0.5, 0.6) is 0 Å². The Kier molecular flexibility index (Phi) is 6.85. The van der Waals surface area contributed by atoms with Crippen LogP contribution in [0.25, 0.3) is 22.3 Å². The molecule has 0 atom stereocenters. The minimum Gasteiger partial charge on any atom is -0.387 e. The first kappa shape index (κ1) is 25.4. The van der Waals surface area contributed by atoms with Gasteiger partial charge in [0.2, 0.25) is 11.9 Å². The molecule has 1 aliphatic rings. The summed E-state index contributed by atoms with van der Waals surface area (Å²) in [5.74, 6) is 0.172. The van der Waals surface area contributed by atoms with Crippen LogP contribution in [0.4, 0.5) is 26.4 Å². The van der Waals surface area contributed by atoms with Crippen molar-refractivity contribution in [1.29, 1.82) is 0 Å². The summed E-state index contributed by atoms with van der Waals surface area (Å²) in [5, 5.41) is 20.3. The predicted molar refractivity (Wildman–Crippen MR) is 137 cm³/mol. The van der Waals surface area contributed by atoms with E-state index in [-0.39, 0.29) is 34.7 Å². The second-order valence-corrected chi connectivity index (χ2v) is 9.27. The summed E-state index contributed by atoms with van der Waals surface area (Å²) in [6, 6.07) is 6.39. The molecule has 2 N–H and O–H groups in total. The number of amides is 1. The third-order valence-electron chi connectivity index (χ3n) is 6.44. The highest BCUT2D eigenvalue weighted by molar-refractivity contribution is 5.83. The predicted octanol–water partition coefficient (Wildman–Crippen LogP) is 2.84. The average molecular weight is 524 g/mol. The number of hydrogen-bond donors (Lipinski definition) is 2. The molecule has 1 fully saturated rings. The number of rotatable bonds is 6. The summed E-state index contributed by atoms with van der Waals surface area (Å²) in [7, 11) is 0. The topological polar surface area (TPSA) is 125 Å². The molecule has 5 rings (SSSR count). The lowest BCUT2D eigenvalue weighted by Crippen LogP contribution is -2.49. The SMILES string of the molecule is Cc1nc2c(F)cc(-c3nc(Nc4ccc(N5CCN(C(=O)CO)CC5)nn4)ncc3F)cc2n1C(C)C. The standard InChI is InChI=1S/C25H27F2N9O2/c1-14(2)36-15(3)29-24-17(26)10-16(11-19(24)36)23-18(27)12-28-25(31-23)30-20-4-5-21(33-32-20)34-6-8-35(9-7-34)22(38)13-37/h4-5,10-12,14,37H,6-9,13H2,1-3H3,(H,28,30,31,32). The van der Waals surface area contributed by atoms with Crippen LogP contribution in [0.2, 0.25) is 0 Å². The van der Waals surface area contributed by atoms with Gasteiger partial charge in [0.1, 0.15) is 23.6 Å². The zero-order chi connectivity index (χ0) is 27.0. The van der Waals surface area contributed by atoms with E-state index in [4.69, 9.17) is 5.11 Å². The highest BCUT2D eigenvalue weighted by Gasteiger charge is 2.22. The Morgan fingerprint density at radius 2 is 1.84 bits per heavy atom. The second kappa shape index (κ2) is 10.2. The lowest BCUT2D eigenvalue weighted by atomic mass is 10.1. The van der Waals surface area contributed by atoms with E-state index in [9.17, 15) is 13.6 Å². The van der Waals surface area contributed by atoms with Crippen molar-refractivity contribution < 1.29 is 18.7 Å². The monoisotopic (exact) mass is 523 g/mol. The van der Waals surface area contributed by atoms with Gasteiger partial charge < -0.3 is 24.8 Å². The molecule has 0 saturated carbocycles. The molecule has 3 aromatic heterocycles. The Morgan fingerprint density at radius 3 is 2.50 bits per heavy atom. The van der Waals surface area contributed by atoms with Gasteiger partial charge in [-0.1, -0.05) is 0 Å². The normalized spacial score (nSPS) is 14.0. The van der Waals surface area contributed by atoms with Gasteiger partial charge >= 0.3 is 0 Å². The maximum Gasteiger partial charge on any atom is 0.248 e. The molecule has 0 bridgehead atoms. The van der Waals surface area contributed by atoms with Gasteiger partial charge in [-0.2, -0.15) is 0 Å². The van der Waals surface area contributed by atoms with Crippen LogP contribution < -0.4 is 10.2 Å². The van der Waals surface area contributed by atoms with Crippen LogP contribution >= 0.6 is 0 Å². The van der Waals surface area contributed by atoms with E-state index >= 15 is 0 Å². The molecule has 4 aromatic rings. The lowest BCUT2D eigenvalue weighted by Gasteiger charge is -2.34. The third kappa shape index (κ3) is 4.84. The van der Waals surface area contributed by atoms with Crippen molar-refractivity contribution in [3.8, 4) is 11.3 Å². The zero-order valence-corrected chi connectivity index (χ0v) is 21.2. The molecule has 1 aromatic carbocycles. The van der Waals surface area contributed by atoms with Crippen molar-refractivity contribution in [2.45, 2.75) is 26.8 Å². The fourth-order valence-corrected chi connectivity index (χ4v) is 4.65. The minimum atomic E-state index is -0.693. The molecule has 0 unspecified atom stereocenters. The molecule has 0 radical (unpaired) electrons. The molecule has 4 heterocycles. The van der Waals surface area contributed by atoms with Crippen LogP contribution in [0.1, 0.15) is 25.7 Å². The second-order valence-electron chi connectivity index (χ2n) is 9.27. The van der Waals surface area contributed by atoms with Crippen LogP contribution in [-0.2, 0) is 4.79 Å². The van der Waals surface area contributed by atoms with E-state index in [1.165, 1.54) is 6.07 Å². The number of imidazole rings is 1. The number of aliphatic hydroxyl groups excluding tert-OH is 1. The van der Waals surface area contributed by atoms with E-state index in [1.807, 2.05) is 23.3 Å². The van der Waals surface area contributed by atoms with E-state index in [2.05, 4.69) is 30.5 Å². The molecule has 1 saturated heterocycles. The highest BCUT2D eigenvalue weighted by Crippen LogP contribution is 2.30. The number of nitrogens with zero attached hydrogens (tertiary/aromatic N) is 8. The number of benzene rings is 1. The Morgan fingerprint density at radius 1 is 1.08 bits per heavy atom. The summed E-state index contributed by atoms with van der Waals surface area (Å²) in [6.07, 6.45) is 1.02. The largest absolute Gasteiger partial charge is 0.387 e. The molecule has 13 heteroatoms. The van der Waals surface area contributed by atoms with Crippen LogP contribution in [0.15, 0.2) is 30.5 Å². The Hall–Kier alpha value is -4.26. The van der Waals surface area contributed by atoms with E-state index in [0.717, 1.165) is 6.20 Å². The van der Waals surface area contributed by atoms with Gasteiger partial charge in [-0.05, 0) is 45.0 Å². The third-order valence-corrected chi connectivity index (χ3v) is 6.44. The summed E-state index contributed by atoms with van der Waals surface area (Å²) in [6.45, 7) is 7.33. The molecule has 1 amide bonds. The fourth-order valence-electron chi connectivity index (χ4n) is 4.65. The number of carbonyl (C=O) groups is 1. The number of carbonyl (C=O) groups excluding carboxylic acids is 1. The molecular weight excluding hydrogens is 496 g/mol. The lowest BCUT2D eigenvalue weighted by molar-refractivity contribution is -0.134. The van der Waals surface area contributed by atoms with E-state index in [1.54, 1.807) is 30.0 Å². The number of nitrogens with one attached hydrogen (secondary N) is 1. The highest BCUT2D eigenvalue weighted by atomic mass is 19.1. The van der Waals surface area contributed by atoms with Gasteiger partial charge in [0.25, 0.3) is 0 Å². The van der Waals surface area contributed by atoms with Gasteiger partial charge in [-0.15, -0.1) is 10.2 Å². The molecular formula is C25H27F2N9O2.